The first-order valence-corrected chi connectivity index (χ1v) is 4.02. The fourth-order valence-corrected chi connectivity index (χ4v) is 0.827. The van der Waals surface area contributed by atoms with E-state index in [2.05, 4.69) is 0 Å². The van der Waals surface area contributed by atoms with E-state index in [4.69, 9.17) is 4.74 Å². The van der Waals surface area contributed by atoms with E-state index < -0.39 is 6.10 Å². The molecule has 0 saturated carbocycles. The predicted octanol–water partition coefficient (Wildman–Crippen LogP) is 2.18. The summed E-state index contributed by atoms with van der Waals surface area (Å²) in [4.78, 5) is 10.8. The Hall–Kier alpha value is -1.38. The van der Waals surface area contributed by atoms with Crippen molar-refractivity contribution in [2.24, 2.45) is 0 Å². The molecule has 0 spiro atoms. The summed E-state index contributed by atoms with van der Waals surface area (Å²) in [5.41, 5.74) is 0. The highest BCUT2D eigenvalue weighted by atomic mass is 19.1. The lowest BCUT2D eigenvalue weighted by Gasteiger charge is -2.10. The number of hydrogen-bond acceptors (Lipinski definition) is 2. The smallest absolute Gasteiger partial charge is 0.169 e. The van der Waals surface area contributed by atoms with Crippen LogP contribution in [-0.4, -0.2) is 11.9 Å². The molecule has 0 saturated heterocycles. The first kappa shape index (κ1) is 9.71. The molecule has 0 N–H and O–H groups in total. The molecule has 0 aliphatic carbocycles. The first-order valence-electron chi connectivity index (χ1n) is 4.02. The summed E-state index contributed by atoms with van der Waals surface area (Å²) < 4.78 is 17.8. The summed E-state index contributed by atoms with van der Waals surface area (Å²) in [6.07, 6.45) is -0.526. The molecule has 1 atom stereocenters. The van der Waals surface area contributed by atoms with Gasteiger partial charge in [0.2, 0.25) is 0 Å². The zero-order chi connectivity index (χ0) is 9.84. The van der Waals surface area contributed by atoms with Crippen molar-refractivity contribution >= 4 is 5.78 Å². The van der Waals surface area contributed by atoms with E-state index in [0.717, 1.165) is 0 Å². The molecule has 0 fully saturated rings. The van der Waals surface area contributed by atoms with Crippen LogP contribution in [0.5, 0.6) is 5.75 Å². The Labute approximate surface area is 76.3 Å². The molecule has 0 radical (unpaired) electrons. The van der Waals surface area contributed by atoms with E-state index in [9.17, 15) is 9.18 Å². The van der Waals surface area contributed by atoms with Crippen molar-refractivity contribution in [1.29, 1.82) is 0 Å². The van der Waals surface area contributed by atoms with Gasteiger partial charge in [-0.05, 0) is 26.0 Å². The molecular weight excluding hydrogens is 171 g/mol. The topological polar surface area (TPSA) is 26.3 Å². The molecule has 0 aromatic heterocycles. The minimum atomic E-state index is -0.526. The molecule has 1 rings (SSSR count). The van der Waals surface area contributed by atoms with Crippen molar-refractivity contribution in [3.63, 3.8) is 0 Å². The van der Waals surface area contributed by atoms with Gasteiger partial charge < -0.3 is 4.74 Å². The Balaban J connectivity index is 2.69. The van der Waals surface area contributed by atoms with Crippen LogP contribution in [0.3, 0.4) is 0 Å². The molecule has 1 unspecified atom stereocenters. The monoisotopic (exact) mass is 182 g/mol. The molecule has 0 heterocycles. The summed E-state index contributed by atoms with van der Waals surface area (Å²) in [6.45, 7) is 3.07. The molecule has 0 amide bonds. The fourth-order valence-electron chi connectivity index (χ4n) is 0.827. The molecular formula is C10H11FO2. The summed E-state index contributed by atoms with van der Waals surface area (Å²) in [6, 6.07) is 5.73. The Morgan fingerprint density at radius 3 is 2.77 bits per heavy atom. The predicted molar refractivity (Wildman–Crippen MR) is 47.2 cm³/mol. The van der Waals surface area contributed by atoms with Gasteiger partial charge in [0.25, 0.3) is 0 Å². The van der Waals surface area contributed by atoms with Gasteiger partial charge in [0.1, 0.15) is 11.6 Å². The van der Waals surface area contributed by atoms with Crippen LogP contribution in [0.1, 0.15) is 13.8 Å². The van der Waals surface area contributed by atoms with Crippen molar-refractivity contribution in [3.05, 3.63) is 30.1 Å². The molecule has 1 aromatic rings. The third-order valence-electron chi connectivity index (χ3n) is 1.68. The molecule has 70 valence electrons. The van der Waals surface area contributed by atoms with E-state index in [1.807, 2.05) is 0 Å². The minimum absolute atomic E-state index is 0.0794. The van der Waals surface area contributed by atoms with Crippen molar-refractivity contribution < 1.29 is 13.9 Å². The largest absolute Gasteiger partial charge is 0.483 e. The maximum absolute atomic E-state index is 12.7. The van der Waals surface area contributed by atoms with Gasteiger partial charge >= 0.3 is 0 Å². The van der Waals surface area contributed by atoms with Gasteiger partial charge in [-0.25, -0.2) is 4.39 Å². The SMILES string of the molecule is CC(=O)C(C)Oc1cccc(F)c1. The first-order chi connectivity index (χ1) is 6.09. The van der Waals surface area contributed by atoms with Gasteiger partial charge in [-0.1, -0.05) is 6.07 Å². The van der Waals surface area contributed by atoms with E-state index in [-0.39, 0.29) is 11.6 Å². The number of Topliss-reactive ketones (excluding diaryl/α,β-unsaturated/α-hetero) is 1. The Morgan fingerprint density at radius 1 is 1.54 bits per heavy atom. The quantitative estimate of drug-likeness (QED) is 0.716. The zero-order valence-corrected chi connectivity index (χ0v) is 7.58. The van der Waals surface area contributed by atoms with Crippen LogP contribution in [0.4, 0.5) is 4.39 Å². The van der Waals surface area contributed by atoms with Gasteiger partial charge in [0.15, 0.2) is 11.9 Å². The number of ether oxygens (including phenoxy) is 1. The van der Waals surface area contributed by atoms with Crippen LogP contribution in [0.2, 0.25) is 0 Å². The van der Waals surface area contributed by atoms with Gasteiger partial charge in [-0.2, -0.15) is 0 Å². The second-order valence-electron chi connectivity index (χ2n) is 2.83. The summed E-state index contributed by atoms with van der Waals surface area (Å²) in [7, 11) is 0. The number of halogens is 1. The molecule has 2 nitrogen and oxygen atoms in total. The Bertz CT molecular complexity index is 310. The van der Waals surface area contributed by atoms with Gasteiger partial charge in [-0.15, -0.1) is 0 Å². The van der Waals surface area contributed by atoms with Crippen LogP contribution in [0.15, 0.2) is 24.3 Å². The minimum Gasteiger partial charge on any atom is -0.483 e. The molecule has 1 aromatic carbocycles. The molecule has 0 bridgehead atoms. The van der Waals surface area contributed by atoms with Crippen molar-refractivity contribution in [1.82, 2.24) is 0 Å². The number of carbonyl (C=O) groups excluding carboxylic acids is 1. The van der Waals surface area contributed by atoms with E-state index in [0.29, 0.717) is 5.75 Å². The average molecular weight is 182 g/mol. The maximum Gasteiger partial charge on any atom is 0.169 e. The lowest BCUT2D eigenvalue weighted by molar-refractivity contribution is -0.122. The molecule has 13 heavy (non-hydrogen) atoms. The van der Waals surface area contributed by atoms with Crippen LogP contribution < -0.4 is 4.74 Å². The molecule has 3 heteroatoms. The summed E-state index contributed by atoms with van der Waals surface area (Å²) in [5.74, 6) is -0.0692. The van der Waals surface area contributed by atoms with E-state index in [1.54, 1.807) is 13.0 Å². The highest BCUT2D eigenvalue weighted by molar-refractivity contribution is 5.80. The zero-order valence-electron chi connectivity index (χ0n) is 7.58. The second kappa shape index (κ2) is 4.03. The second-order valence-corrected chi connectivity index (χ2v) is 2.83. The van der Waals surface area contributed by atoms with Gasteiger partial charge in [-0.3, -0.25) is 4.79 Å². The Morgan fingerprint density at radius 2 is 2.23 bits per heavy atom. The summed E-state index contributed by atoms with van der Waals surface area (Å²) >= 11 is 0. The standard InChI is InChI=1S/C10H11FO2/c1-7(12)8(2)13-10-5-3-4-9(11)6-10/h3-6,8H,1-2H3. The third kappa shape index (κ3) is 2.86. The van der Waals surface area contributed by atoms with Crippen molar-refractivity contribution in [2.75, 3.05) is 0 Å². The number of carbonyl (C=O) groups is 1. The van der Waals surface area contributed by atoms with E-state index in [1.165, 1.54) is 25.1 Å². The van der Waals surface area contributed by atoms with Gasteiger partial charge in [0, 0.05) is 6.07 Å². The average Bonchev–Trinajstić information content (AvgIpc) is 2.04. The number of ketones is 1. The highest BCUT2D eigenvalue weighted by Gasteiger charge is 2.08. The maximum atomic E-state index is 12.7. The van der Waals surface area contributed by atoms with Crippen LogP contribution >= 0.6 is 0 Å². The van der Waals surface area contributed by atoms with Crippen molar-refractivity contribution in [2.45, 2.75) is 20.0 Å². The molecule has 0 aliphatic heterocycles. The van der Waals surface area contributed by atoms with Crippen LogP contribution in [0, 0.1) is 5.82 Å². The Kier molecular flexibility index (Phi) is 3.01. The van der Waals surface area contributed by atoms with Crippen LogP contribution in [0.25, 0.3) is 0 Å². The fraction of sp³-hybridized carbons (Fsp3) is 0.300. The van der Waals surface area contributed by atoms with Gasteiger partial charge in [0.05, 0.1) is 0 Å². The van der Waals surface area contributed by atoms with Crippen molar-refractivity contribution in [3.8, 4) is 5.75 Å². The van der Waals surface area contributed by atoms with E-state index >= 15 is 0 Å². The lowest BCUT2D eigenvalue weighted by Crippen LogP contribution is -2.20. The lowest BCUT2D eigenvalue weighted by atomic mass is 10.3. The number of hydrogen-bond donors (Lipinski definition) is 0. The van der Waals surface area contributed by atoms with Crippen LogP contribution in [-0.2, 0) is 4.79 Å². The summed E-state index contributed by atoms with van der Waals surface area (Å²) in [5, 5.41) is 0. The number of rotatable bonds is 3. The molecule has 0 aliphatic rings. The number of benzene rings is 1. The normalized spacial score (nSPS) is 12.2. The highest BCUT2D eigenvalue weighted by Crippen LogP contribution is 2.13. The third-order valence-corrected chi connectivity index (χ3v) is 1.68.